The van der Waals surface area contributed by atoms with E-state index in [-0.39, 0.29) is 17.8 Å². The van der Waals surface area contributed by atoms with Crippen LogP contribution < -0.4 is 11.1 Å². The first-order chi connectivity index (χ1) is 8.50. The summed E-state index contributed by atoms with van der Waals surface area (Å²) in [5, 5.41) is 12.7. The highest BCUT2D eigenvalue weighted by atomic mass is 19.1. The number of amides is 1. The van der Waals surface area contributed by atoms with E-state index in [4.69, 9.17) is 5.73 Å². The van der Waals surface area contributed by atoms with Crippen molar-refractivity contribution in [1.29, 1.82) is 0 Å². The highest BCUT2D eigenvalue weighted by Crippen LogP contribution is 2.28. The van der Waals surface area contributed by atoms with Crippen molar-refractivity contribution >= 4 is 11.6 Å². The molecule has 0 bridgehead atoms. The van der Waals surface area contributed by atoms with Crippen LogP contribution in [0, 0.1) is 5.82 Å². The molecule has 0 radical (unpaired) electrons. The number of halogens is 1. The molecule has 1 aromatic carbocycles. The molecule has 0 atom stereocenters. The molecule has 0 aliphatic heterocycles. The molecule has 0 heterocycles. The topological polar surface area (TPSA) is 75.4 Å². The molecule has 1 aliphatic carbocycles. The molecule has 0 saturated heterocycles. The van der Waals surface area contributed by atoms with E-state index < -0.39 is 17.3 Å². The minimum Gasteiger partial charge on any atom is -0.396 e. The highest BCUT2D eigenvalue weighted by molar-refractivity contribution is 5.94. The molecule has 4 N–H and O–H groups in total. The third-order valence-electron chi connectivity index (χ3n) is 3.37. The largest absolute Gasteiger partial charge is 0.396 e. The number of nitrogens with one attached hydrogen (secondary N) is 1. The lowest BCUT2D eigenvalue weighted by Gasteiger charge is -2.22. The fraction of sp³-hybridized carbons (Fsp3) is 0.462. The van der Waals surface area contributed by atoms with Crippen molar-refractivity contribution in [3.8, 4) is 0 Å². The van der Waals surface area contributed by atoms with E-state index in [1.54, 1.807) is 0 Å². The van der Waals surface area contributed by atoms with Gasteiger partial charge in [0.25, 0.3) is 5.91 Å². The number of benzene rings is 1. The summed E-state index contributed by atoms with van der Waals surface area (Å²) in [6.07, 6.45) is 3.35. The van der Waals surface area contributed by atoms with Gasteiger partial charge in [-0.1, -0.05) is 12.8 Å². The molecule has 2 rings (SSSR count). The van der Waals surface area contributed by atoms with Gasteiger partial charge in [-0.2, -0.15) is 0 Å². The zero-order valence-electron chi connectivity index (χ0n) is 10.1. The first-order valence-corrected chi connectivity index (χ1v) is 6.06. The van der Waals surface area contributed by atoms with Crippen molar-refractivity contribution in [3.05, 3.63) is 29.6 Å². The van der Waals surface area contributed by atoms with Crippen LogP contribution in [0.4, 0.5) is 10.1 Å². The van der Waals surface area contributed by atoms with Gasteiger partial charge in [-0.25, -0.2) is 4.39 Å². The lowest BCUT2D eigenvalue weighted by Crippen LogP contribution is -2.40. The number of hydrogen-bond acceptors (Lipinski definition) is 3. The van der Waals surface area contributed by atoms with Crippen LogP contribution in [0.15, 0.2) is 18.2 Å². The van der Waals surface area contributed by atoms with Gasteiger partial charge in [0.1, 0.15) is 5.82 Å². The summed E-state index contributed by atoms with van der Waals surface area (Å²) in [5.41, 5.74) is 4.76. The van der Waals surface area contributed by atoms with Crippen molar-refractivity contribution < 1.29 is 14.3 Å². The maximum Gasteiger partial charge on any atom is 0.251 e. The average molecular weight is 252 g/mol. The zero-order valence-corrected chi connectivity index (χ0v) is 10.1. The molecule has 1 saturated carbocycles. The Bertz CT molecular complexity index is 456. The van der Waals surface area contributed by atoms with Gasteiger partial charge in [-0.3, -0.25) is 4.79 Å². The standard InChI is InChI=1S/C13H17FN2O2/c14-10-7-9(3-4-11(10)15)12(17)16-8-13(18)5-1-2-6-13/h3-4,7,18H,1-2,5-6,8,15H2,(H,16,17). The summed E-state index contributed by atoms with van der Waals surface area (Å²) < 4.78 is 13.2. The maximum atomic E-state index is 13.2. The van der Waals surface area contributed by atoms with Gasteiger partial charge >= 0.3 is 0 Å². The molecule has 5 heteroatoms. The average Bonchev–Trinajstić information content (AvgIpc) is 2.77. The SMILES string of the molecule is Nc1ccc(C(=O)NCC2(O)CCCC2)cc1F. The Morgan fingerprint density at radius 3 is 2.72 bits per heavy atom. The third kappa shape index (κ3) is 2.79. The van der Waals surface area contributed by atoms with Gasteiger partial charge < -0.3 is 16.2 Å². The number of anilines is 1. The van der Waals surface area contributed by atoms with Crippen LogP contribution in [0.1, 0.15) is 36.0 Å². The van der Waals surface area contributed by atoms with Crippen LogP contribution >= 0.6 is 0 Å². The number of rotatable bonds is 3. The zero-order chi connectivity index (χ0) is 13.2. The predicted molar refractivity (Wildman–Crippen MR) is 66.6 cm³/mol. The molecule has 1 aliphatic rings. The summed E-state index contributed by atoms with van der Waals surface area (Å²) in [6, 6.07) is 3.92. The van der Waals surface area contributed by atoms with E-state index >= 15 is 0 Å². The third-order valence-corrected chi connectivity index (χ3v) is 3.37. The molecule has 98 valence electrons. The van der Waals surface area contributed by atoms with Crippen molar-refractivity contribution in [2.45, 2.75) is 31.3 Å². The fourth-order valence-electron chi connectivity index (χ4n) is 2.23. The summed E-state index contributed by atoms with van der Waals surface area (Å²) >= 11 is 0. The molecule has 1 amide bonds. The summed E-state index contributed by atoms with van der Waals surface area (Å²) in [4.78, 5) is 11.8. The van der Waals surface area contributed by atoms with Gasteiger partial charge in [0.05, 0.1) is 11.3 Å². The number of aliphatic hydroxyl groups is 1. The first-order valence-electron chi connectivity index (χ1n) is 6.06. The molecular weight excluding hydrogens is 235 g/mol. The second-order valence-electron chi connectivity index (χ2n) is 4.85. The van der Waals surface area contributed by atoms with Crippen molar-refractivity contribution in [2.24, 2.45) is 0 Å². The Morgan fingerprint density at radius 1 is 1.44 bits per heavy atom. The van der Waals surface area contributed by atoms with Crippen LogP contribution in [0.2, 0.25) is 0 Å². The summed E-state index contributed by atoms with van der Waals surface area (Å²) in [7, 11) is 0. The maximum absolute atomic E-state index is 13.2. The van der Waals surface area contributed by atoms with E-state index in [0.717, 1.165) is 18.9 Å². The lowest BCUT2D eigenvalue weighted by atomic mass is 10.0. The van der Waals surface area contributed by atoms with Crippen LogP contribution in [0.3, 0.4) is 0 Å². The Labute approximate surface area is 105 Å². The van der Waals surface area contributed by atoms with Gasteiger partial charge in [-0.05, 0) is 31.0 Å². The Balaban J connectivity index is 1.97. The van der Waals surface area contributed by atoms with E-state index in [9.17, 15) is 14.3 Å². The molecule has 1 aromatic rings. The molecule has 0 unspecified atom stereocenters. The minimum absolute atomic E-state index is 0.0148. The van der Waals surface area contributed by atoms with Crippen molar-refractivity contribution in [2.75, 3.05) is 12.3 Å². The number of nitrogen functional groups attached to an aromatic ring is 1. The van der Waals surface area contributed by atoms with Crippen LogP contribution in [0.5, 0.6) is 0 Å². The quantitative estimate of drug-likeness (QED) is 0.712. The summed E-state index contributed by atoms with van der Waals surface area (Å²) in [5.74, 6) is -1.00. The monoisotopic (exact) mass is 252 g/mol. The van der Waals surface area contributed by atoms with Gasteiger partial charge in [0.2, 0.25) is 0 Å². The normalized spacial score (nSPS) is 17.7. The van der Waals surface area contributed by atoms with Crippen LogP contribution in [0.25, 0.3) is 0 Å². The molecule has 18 heavy (non-hydrogen) atoms. The Kier molecular flexibility index (Phi) is 3.52. The number of hydrogen-bond donors (Lipinski definition) is 3. The van der Waals surface area contributed by atoms with Crippen LogP contribution in [-0.4, -0.2) is 23.2 Å². The Hall–Kier alpha value is -1.62. The van der Waals surface area contributed by atoms with Gasteiger partial charge in [0.15, 0.2) is 0 Å². The fourth-order valence-corrected chi connectivity index (χ4v) is 2.23. The summed E-state index contributed by atoms with van der Waals surface area (Å²) in [6.45, 7) is 0.206. The van der Waals surface area contributed by atoms with Gasteiger partial charge in [0, 0.05) is 12.1 Å². The molecular formula is C13H17FN2O2. The first kappa shape index (κ1) is 12.8. The molecule has 4 nitrogen and oxygen atoms in total. The highest BCUT2D eigenvalue weighted by Gasteiger charge is 2.31. The second-order valence-corrected chi connectivity index (χ2v) is 4.85. The predicted octanol–water partition coefficient (Wildman–Crippen LogP) is 1.44. The van der Waals surface area contributed by atoms with E-state index in [1.165, 1.54) is 12.1 Å². The van der Waals surface area contributed by atoms with E-state index in [0.29, 0.717) is 12.8 Å². The van der Waals surface area contributed by atoms with Crippen molar-refractivity contribution in [1.82, 2.24) is 5.32 Å². The van der Waals surface area contributed by atoms with E-state index in [1.807, 2.05) is 0 Å². The smallest absolute Gasteiger partial charge is 0.251 e. The van der Waals surface area contributed by atoms with E-state index in [2.05, 4.69) is 5.32 Å². The molecule has 1 fully saturated rings. The molecule has 0 aromatic heterocycles. The van der Waals surface area contributed by atoms with Gasteiger partial charge in [-0.15, -0.1) is 0 Å². The van der Waals surface area contributed by atoms with Crippen molar-refractivity contribution in [3.63, 3.8) is 0 Å². The lowest BCUT2D eigenvalue weighted by molar-refractivity contribution is 0.0449. The van der Waals surface area contributed by atoms with Crippen LogP contribution in [-0.2, 0) is 0 Å². The minimum atomic E-state index is -0.804. The number of nitrogens with two attached hydrogens (primary N) is 1. The second kappa shape index (κ2) is 4.94. The Morgan fingerprint density at radius 2 is 2.11 bits per heavy atom. The number of carbonyl (C=O) groups excluding carboxylic acids is 1. The number of carbonyl (C=O) groups is 1. The molecule has 0 spiro atoms.